The van der Waals surface area contributed by atoms with Crippen molar-refractivity contribution in [2.24, 2.45) is 0 Å². The van der Waals surface area contributed by atoms with Gasteiger partial charge in [-0.1, -0.05) is 83.0 Å². The lowest BCUT2D eigenvalue weighted by atomic mass is 10.1. The van der Waals surface area contributed by atoms with E-state index in [0.29, 0.717) is 17.3 Å². The summed E-state index contributed by atoms with van der Waals surface area (Å²) >= 11 is 1.35. The number of carbonyl (C=O) groups excluding carboxylic acids is 1. The highest BCUT2D eigenvalue weighted by Gasteiger charge is 2.12. The SMILES string of the molecule is CCCCCCCCOc1ccc(C(=O)Nc2nnc(-c3ccc(OCCCCCCC)cc3)s2)cc1. The second-order valence-corrected chi connectivity index (χ2v) is 10.3. The minimum absolute atomic E-state index is 0.215. The molecule has 2 aromatic carbocycles. The van der Waals surface area contributed by atoms with Gasteiger partial charge < -0.3 is 9.47 Å². The fourth-order valence-electron chi connectivity index (χ4n) is 3.92. The molecule has 1 heterocycles. The van der Waals surface area contributed by atoms with Gasteiger partial charge in [0, 0.05) is 11.1 Å². The van der Waals surface area contributed by atoms with Crippen LogP contribution in [0.3, 0.4) is 0 Å². The number of ether oxygens (including phenoxy) is 2. The number of nitrogens with zero attached hydrogens (tertiary/aromatic N) is 2. The Labute approximate surface area is 225 Å². The van der Waals surface area contributed by atoms with Crippen molar-refractivity contribution in [3.63, 3.8) is 0 Å². The molecule has 0 atom stereocenters. The van der Waals surface area contributed by atoms with Crippen molar-refractivity contribution < 1.29 is 14.3 Å². The highest BCUT2D eigenvalue weighted by Crippen LogP contribution is 2.28. The van der Waals surface area contributed by atoms with Gasteiger partial charge in [0.15, 0.2) is 0 Å². The number of anilines is 1. The monoisotopic (exact) mass is 523 g/mol. The molecule has 37 heavy (non-hydrogen) atoms. The quantitative estimate of drug-likeness (QED) is 0.169. The van der Waals surface area contributed by atoms with Crippen LogP contribution in [0, 0.1) is 0 Å². The van der Waals surface area contributed by atoms with E-state index in [1.165, 1.54) is 69.1 Å². The third-order valence-corrected chi connectivity index (χ3v) is 7.03. The molecule has 0 aliphatic heterocycles. The van der Waals surface area contributed by atoms with Gasteiger partial charge in [-0.2, -0.15) is 0 Å². The van der Waals surface area contributed by atoms with Crippen molar-refractivity contribution >= 4 is 22.4 Å². The lowest BCUT2D eigenvalue weighted by molar-refractivity contribution is 0.102. The van der Waals surface area contributed by atoms with Crippen LogP contribution in [0.5, 0.6) is 11.5 Å². The number of hydrogen-bond acceptors (Lipinski definition) is 6. The van der Waals surface area contributed by atoms with E-state index in [4.69, 9.17) is 9.47 Å². The van der Waals surface area contributed by atoms with Gasteiger partial charge in [-0.3, -0.25) is 10.1 Å². The number of aromatic nitrogens is 2. The smallest absolute Gasteiger partial charge is 0.257 e. The summed E-state index contributed by atoms with van der Waals surface area (Å²) < 4.78 is 11.6. The Balaban J connectivity index is 1.41. The number of amides is 1. The van der Waals surface area contributed by atoms with Crippen LogP contribution in [0.4, 0.5) is 5.13 Å². The van der Waals surface area contributed by atoms with E-state index >= 15 is 0 Å². The normalized spacial score (nSPS) is 10.9. The molecule has 0 fully saturated rings. The Morgan fingerprint density at radius 3 is 1.78 bits per heavy atom. The van der Waals surface area contributed by atoms with Gasteiger partial charge in [-0.15, -0.1) is 10.2 Å². The summed E-state index contributed by atoms with van der Waals surface area (Å²) in [5.74, 6) is 1.43. The number of nitrogens with one attached hydrogen (secondary N) is 1. The second-order valence-electron chi connectivity index (χ2n) is 9.29. The summed E-state index contributed by atoms with van der Waals surface area (Å²) in [5.41, 5.74) is 1.50. The van der Waals surface area contributed by atoms with E-state index in [9.17, 15) is 4.79 Å². The standard InChI is InChI=1S/C30H41N3O3S/c1-3-5-7-9-11-13-23-35-26-18-14-24(15-19-26)28(34)31-30-33-32-29(37-30)25-16-20-27(21-17-25)36-22-12-10-8-6-4-2/h14-21H,3-13,22-23H2,1-2H3,(H,31,33,34). The molecular weight excluding hydrogens is 482 g/mol. The molecule has 0 aliphatic carbocycles. The lowest BCUT2D eigenvalue weighted by Gasteiger charge is -2.07. The van der Waals surface area contributed by atoms with Crippen LogP contribution < -0.4 is 14.8 Å². The van der Waals surface area contributed by atoms with Gasteiger partial charge in [0.1, 0.15) is 16.5 Å². The predicted octanol–water partition coefficient (Wildman–Crippen LogP) is 8.55. The molecule has 1 aromatic heterocycles. The Bertz CT molecular complexity index is 1030. The van der Waals surface area contributed by atoms with Crippen molar-refractivity contribution in [1.29, 1.82) is 0 Å². The molecule has 0 aliphatic rings. The molecule has 0 saturated heterocycles. The summed E-state index contributed by atoms with van der Waals surface area (Å²) in [6, 6.07) is 15.1. The van der Waals surface area contributed by atoms with E-state index in [2.05, 4.69) is 29.4 Å². The molecule has 3 rings (SSSR count). The largest absolute Gasteiger partial charge is 0.494 e. The van der Waals surface area contributed by atoms with Crippen molar-refractivity contribution in [3.8, 4) is 22.1 Å². The molecule has 3 aromatic rings. The van der Waals surface area contributed by atoms with Crippen LogP contribution in [-0.4, -0.2) is 29.3 Å². The van der Waals surface area contributed by atoms with E-state index < -0.39 is 0 Å². The summed E-state index contributed by atoms with van der Waals surface area (Å²) in [4.78, 5) is 12.7. The van der Waals surface area contributed by atoms with E-state index in [1.807, 2.05) is 36.4 Å². The van der Waals surface area contributed by atoms with Crippen molar-refractivity contribution in [3.05, 3.63) is 54.1 Å². The molecule has 7 heteroatoms. The van der Waals surface area contributed by atoms with Crippen molar-refractivity contribution in [1.82, 2.24) is 10.2 Å². The average molecular weight is 524 g/mol. The molecule has 1 amide bonds. The zero-order valence-electron chi connectivity index (χ0n) is 22.3. The molecule has 200 valence electrons. The van der Waals surface area contributed by atoms with E-state index in [-0.39, 0.29) is 5.91 Å². The molecule has 0 saturated carbocycles. The Hall–Kier alpha value is -2.93. The number of unbranched alkanes of at least 4 members (excludes halogenated alkanes) is 9. The lowest BCUT2D eigenvalue weighted by Crippen LogP contribution is -2.11. The van der Waals surface area contributed by atoms with Crippen LogP contribution in [0.2, 0.25) is 0 Å². The molecular formula is C30H41N3O3S. The second kappa shape index (κ2) is 16.7. The molecule has 0 unspecified atom stereocenters. The maximum Gasteiger partial charge on any atom is 0.257 e. The average Bonchev–Trinajstić information content (AvgIpc) is 3.39. The fraction of sp³-hybridized carbons (Fsp3) is 0.500. The number of hydrogen-bond donors (Lipinski definition) is 1. The summed E-state index contributed by atoms with van der Waals surface area (Å²) in [6.45, 7) is 5.89. The molecule has 6 nitrogen and oxygen atoms in total. The highest BCUT2D eigenvalue weighted by molar-refractivity contribution is 7.18. The van der Waals surface area contributed by atoms with Gasteiger partial charge in [-0.05, 0) is 61.4 Å². The first-order valence-corrected chi connectivity index (χ1v) is 14.6. The van der Waals surface area contributed by atoms with Crippen molar-refractivity contribution in [2.45, 2.75) is 84.5 Å². The van der Waals surface area contributed by atoms with Crippen LogP contribution >= 0.6 is 11.3 Å². The summed E-state index contributed by atoms with van der Waals surface area (Å²) in [6.07, 6.45) is 13.5. The summed E-state index contributed by atoms with van der Waals surface area (Å²) in [7, 11) is 0. The maximum absolute atomic E-state index is 12.7. The topological polar surface area (TPSA) is 73.3 Å². The first-order chi connectivity index (χ1) is 18.2. The minimum Gasteiger partial charge on any atom is -0.494 e. The van der Waals surface area contributed by atoms with Gasteiger partial charge >= 0.3 is 0 Å². The molecule has 0 radical (unpaired) electrons. The fourth-order valence-corrected chi connectivity index (χ4v) is 4.67. The third-order valence-electron chi connectivity index (χ3n) is 6.15. The number of benzene rings is 2. The molecule has 0 bridgehead atoms. The summed E-state index contributed by atoms with van der Waals surface area (Å²) in [5, 5.41) is 12.4. The van der Waals surface area contributed by atoms with Crippen LogP contribution in [-0.2, 0) is 0 Å². The van der Waals surface area contributed by atoms with Crippen LogP contribution in [0.1, 0.15) is 94.8 Å². The van der Waals surface area contributed by atoms with E-state index in [0.717, 1.165) is 41.5 Å². The highest BCUT2D eigenvalue weighted by atomic mass is 32.1. The van der Waals surface area contributed by atoms with Crippen LogP contribution in [0.25, 0.3) is 10.6 Å². The van der Waals surface area contributed by atoms with Crippen LogP contribution in [0.15, 0.2) is 48.5 Å². The zero-order valence-corrected chi connectivity index (χ0v) is 23.2. The Morgan fingerprint density at radius 2 is 1.22 bits per heavy atom. The Kier molecular flexibility index (Phi) is 13.0. The molecule has 0 spiro atoms. The zero-order chi connectivity index (χ0) is 26.1. The predicted molar refractivity (Wildman–Crippen MR) is 153 cm³/mol. The first kappa shape index (κ1) is 28.6. The first-order valence-electron chi connectivity index (χ1n) is 13.8. The maximum atomic E-state index is 12.7. The number of rotatable bonds is 18. The minimum atomic E-state index is -0.215. The van der Waals surface area contributed by atoms with Crippen molar-refractivity contribution in [2.75, 3.05) is 18.5 Å². The molecule has 1 N–H and O–H groups in total. The van der Waals surface area contributed by atoms with Gasteiger partial charge in [0.2, 0.25) is 5.13 Å². The van der Waals surface area contributed by atoms with Gasteiger partial charge in [0.25, 0.3) is 5.91 Å². The third kappa shape index (κ3) is 10.5. The van der Waals surface area contributed by atoms with Gasteiger partial charge in [0.05, 0.1) is 13.2 Å². The van der Waals surface area contributed by atoms with Gasteiger partial charge in [-0.25, -0.2) is 0 Å². The van der Waals surface area contributed by atoms with E-state index in [1.54, 1.807) is 12.1 Å². The number of carbonyl (C=O) groups is 1. The Morgan fingerprint density at radius 1 is 0.703 bits per heavy atom.